The third kappa shape index (κ3) is 4.51. The number of nitrogens with two attached hydrogens (primary N) is 1. The summed E-state index contributed by atoms with van der Waals surface area (Å²) in [5.74, 6) is 4.87. The Hall–Kier alpha value is -0.350. The molecule has 1 aromatic rings. The Labute approximate surface area is 84.1 Å². The lowest BCUT2D eigenvalue weighted by Gasteiger charge is -1.97. The number of rotatable bonds is 2. The number of aryl methyl sites for hydroxylation is 1. The molecule has 0 saturated heterocycles. The first-order valence-corrected chi connectivity index (χ1v) is 3.07. The normalized spacial score (nSPS) is 8.17. The van der Waals surface area contributed by atoms with Crippen LogP contribution in [0.25, 0.3) is 0 Å². The maximum Gasteiger partial charge on any atom is 0.110 e. The molecule has 0 aliphatic carbocycles. The highest BCUT2D eigenvalue weighted by atomic mass is 35.5. The van der Waals surface area contributed by atoms with Gasteiger partial charge in [-0.25, -0.2) is 5.90 Å². The summed E-state index contributed by atoms with van der Waals surface area (Å²) >= 11 is 0. The van der Waals surface area contributed by atoms with Gasteiger partial charge in [0.15, 0.2) is 0 Å². The molecule has 0 aliphatic heterocycles. The minimum absolute atomic E-state index is 0. The molecule has 0 amide bonds. The fourth-order valence-corrected chi connectivity index (χ4v) is 0.765. The first-order chi connectivity index (χ1) is 4.83. The second kappa shape index (κ2) is 7.31. The Bertz CT molecular complexity index is 220. The summed E-state index contributed by atoms with van der Waals surface area (Å²) in [6.45, 7) is 2.31. The average molecular weight is 211 g/mol. The Balaban J connectivity index is 0. The molecule has 70 valence electrons. The Morgan fingerprint density at radius 1 is 1.42 bits per heavy atom. The molecule has 1 heterocycles. The van der Waals surface area contributed by atoms with Crippen molar-refractivity contribution in [3.05, 3.63) is 29.6 Å². The lowest BCUT2D eigenvalue weighted by molar-refractivity contribution is 0.121. The summed E-state index contributed by atoms with van der Waals surface area (Å²) in [5, 5.41) is 0. The number of halogens is 2. The van der Waals surface area contributed by atoms with E-state index in [0.717, 1.165) is 11.4 Å². The molecule has 0 unspecified atom stereocenters. The summed E-state index contributed by atoms with van der Waals surface area (Å²) in [5.41, 5.74) is 1.84. The van der Waals surface area contributed by atoms with Crippen LogP contribution >= 0.6 is 24.8 Å². The summed E-state index contributed by atoms with van der Waals surface area (Å²) in [6, 6.07) is 5.73. The van der Waals surface area contributed by atoms with Gasteiger partial charge in [-0.2, -0.15) is 0 Å². The van der Waals surface area contributed by atoms with Crippen molar-refractivity contribution < 1.29 is 4.84 Å². The summed E-state index contributed by atoms with van der Waals surface area (Å²) in [6.07, 6.45) is 0. The quantitative estimate of drug-likeness (QED) is 0.756. The molecule has 0 spiro atoms. The molecule has 0 radical (unpaired) electrons. The topological polar surface area (TPSA) is 48.1 Å². The van der Waals surface area contributed by atoms with E-state index in [1.165, 1.54) is 0 Å². The highest BCUT2D eigenvalue weighted by molar-refractivity contribution is 5.85. The van der Waals surface area contributed by atoms with Crippen LogP contribution in [0.5, 0.6) is 0 Å². The van der Waals surface area contributed by atoms with Crippen LogP contribution in [-0.4, -0.2) is 4.98 Å². The van der Waals surface area contributed by atoms with Crippen molar-refractivity contribution in [1.29, 1.82) is 0 Å². The largest absolute Gasteiger partial charge is 0.298 e. The fourth-order valence-electron chi connectivity index (χ4n) is 0.765. The van der Waals surface area contributed by atoms with Crippen LogP contribution in [0.4, 0.5) is 0 Å². The van der Waals surface area contributed by atoms with Gasteiger partial charge in [0.05, 0.1) is 5.69 Å². The highest BCUT2D eigenvalue weighted by Gasteiger charge is 1.91. The molecule has 0 atom stereocenters. The molecule has 5 heteroatoms. The predicted molar refractivity (Wildman–Crippen MR) is 52.4 cm³/mol. The van der Waals surface area contributed by atoms with E-state index in [9.17, 15) is 0 Å². The summed E-state index contributed by atoms with van der Waals surface area (Å²) in [4.78, 5) is 8.58. The highest BCUT2D eigenvalue weighted by Crippen LogP contribution is 1.97. The Kier molecular flexibility index (Phi) is 8.64. The van der Waals surface area contributed by atoms with Crippen molar-refractivity contribution >= 4 is 24.8 Å². The van der Waals surface area contributed by atoms with Crippen molar-refractivity contribution in [2.45, 2.75) is 13.5 Å². The molecule has 0 aliphatic rings. The third-order valence-corrected chi connectivity index (χ3v) is 1.18. The van der Waals surface area contributed by atoms with Crippen LogP contribution in [0, 0.1) is 6.92 Å². The minimum Gasteiger partial charge on any atom is -0.298 e. The van der Waals surface area contributed by atoms with Crippen LogP contribution < -0.4 is 5.90 Å². The van der Waals surface area contributed by atoms with E-state index in [-0.39, 0.29) is 24.8 Å². The predicted octanol–water partition coefficient (Wildman–Crippen LogP) is 1.62. The van der Waals surface area contributed by atoms with Gasteiger partial charge in [0, 0.05) is 5.69 Å². The van der Waals surface area contributed by atoms with E-state index >= 15 is 0 Å². The zero-order chi connectivity index (χ0) is 7.40. The molecule has 0 fully saturated rings. The zero-order valence-electron chi connectivity index (χ0n) is 6.69. The summed E-state index contributed by atoms with van der Waals surface area (Å²) < 4.78 is 0. The molecule has 0 aromatic carbocycles. The van der Waals surface area contributed by atoms with E-state index < -0.39 is 0 Å². The standard InChI is InChI=1S/C7H10N2O.2ClH/c1-6-3-2-4-7(9-6)5-10-8;;/h2-4H,5,8H2,1H3;2*1H. The Morgan fingerprint density at radius 2 is 2.08 bits per heavy atom. The number of hydrogen-bond acceptors (Lipinski definition) is 3. The van der Waals surface area contributed by atoms with Gasteiger partial charge < -0.3 is 0 Å². The minimum atomic E-state index is 0. The van der Waals surface area contributed by atoms with Crippen LogP contribution in [0.1, 0.15) is 11.4 Å². The van der Waals surface area contributed by atoms with E-state index in [1.54, 1.807) is 0 Å². The molecule has 0 bridgehead atoms. The van der Waals surface area contributed by atoms with Crippen molar-refractivity contribution in [2.24, 2.45) is 5.90 Å². The van der Waals surface area contributed by atoms with E-state index in [0.29, 0.717) is 6.61 Å². The van der Waals surface area contributed by atoms with Crippen LogP contribution in [0.2, 0.25) is 0 Å². The smallest absolute Gasteiger partial charge is 0.110 e. The SMILES string of the molecule is Cc1cccc(CON)n1.Cl.Cl. The lowest BCUT2D eigenvalue weighted by Crippen LogP contribution is -2.01. The molecule has 1 aromatic heterocycles. The van der Waals surface area contributed by atoms with Crippen molar-refractivity contribution in [1.82, 2.24) is 4.98 Å². The molecular weight excluding hydrogens is 199 g/mol. The van der Waals surface area contributed by atoms with Crippen molar-refractivity contribution in [3.8, 4) is 0 Å². The van der Waals surface area contributed by atoms with Gasteiger partial charge in [-0.3, -0.25) is 9.82 Å². The third-order valence-electron chi connectivity index (χ3n) is 1.18. The van der Waals surface area contributed by atoms with Gasteiger partial charge in [0.2, 0.25) is 0 Å². The molecule has 3 nitrogen and oxygen atoms in total. The number of hydrogen-bond donors (Lipinski definition) is 1. The van der Waals surface area contributed by atoms with Crippen LogP contribution in [0.15, 0.2) is 18.2 Å². The van der Waals surface area contributed by atoms with Gasteiger partial charge in [-0.05, 0) is 19.1 Å². The monoisotopic (exact) mass is 210 g/mol. The second-order valence-electron chi connectivity index (χ2n) is 2.08. The van der Waals surface area contributed by atoms with E-state index in [2.05, 4.69) is 9.82 Å². The summed E-state index contributed by atoms with van der Waals surface area (Å²) in [7, 11) is 0. The van der Waals surface area contributed by atoms with Gasteiger partial charge >= 0.3 is 0 Å². The molecule has 12 heavy (non-hydrogen) atoms. The van der Waals surface area contributed by atoms with Crippen molar-refractivity contribution in [3.63, 3.8) is 0 Å². The maximum absolute atomic E-state index is 4.87. The lowest BCUT2D eigenvalue weighted by atomic mass is 10.3. The first kappa shape index (κ1) is 14.2. The second-order valence-corrected chi connectivity index (χ2v) is 2.08. The van der Waals surface area contributed by atoms with Gasteiger partial charge in [0.25, 0.3) is 0 Å². The van der Waals surface area contributed by atoms with E-state index in [1.807, 2.05) is 25.1 Å². The first-order valence-electron chi connectivity index (χ1n) is 3.07. The van der Waals surface area contributed by atoms with Gasteiger partial charge in [-0.15, -0.1) is 24.8 Å². The van der Waals surface area contributed by atoms with Crippen LogP contribution in [-0.2, 0) is 11.4 Å². The molecular formula is C7H12Cl2N2O. The van der Waals surface area contributed by atoms with Gasteiger partial charge in [-0.1, -0.05) is 6.07 Å². The number of aromatic nitrogens is 1. The molecule has 0 saturated carbocycles. The van der Waals surface area contributed by atoms with Crippen molar-refractivity contribution in [2.75, 3.05) is 0 Å². The zero-order valence-corrected chi connectivity index (χ0v) is 8.32. The van der Waals surface area contributed by atoms with E-state index in [4.69, 9.17) is 5.90 Å². The Morgan fingerprint density at radius 3 is 2.58 bits per heavy atom. The number of nitrogens with zero attached hydrogens (tertiary/aromatic N) is 1. The van der Waals surface area contributed by atoms with Gasteiger partial charge in [0.1, 0.15) is 6.61 Å². The molecule has 1 rings (SSSR count). The van der Waals surface area contributed by atoms with Crippen LogP contribution in [0.3, 0.4) is 0 Å². The maximum atomic E-state index is 4.87. The average Bonchev–Trinajstić information content (AvgIpc) is 1.88. The number of pyridine rings is 1. The fraction of sp³-hybridized carbons (Fsp3) is 0.286. The molecule has 2 N–H and O–H groups in total.